The van der Waals surface area contributed by atoms with Crippen LogP contribution in [0.25, 0.3) is 10.9 Å². The van der Waals surface area contributed by atoms with E-state index in [4.69, 9.17) is 0 Å². The van der Waals surface area contributed by atoms with E-state index in [1.807, 2.05) is 13.2 Å². The SMILES string of the molecule is CCN1CCN(c2cc(CNC(=NC)NCCc3c[nH]c4cc(C)ccc34)ccn2)CC1. The van der Waals surface area contributed by atoms with E-state index in [2.05, 4.69) is 85.8 Å². The molecule has 0 unspecified atom stereocenters. The summed E-state index contributed by atoms with van der Waals surface area (Å²) in [5.74, 6) is 1.88. The van der Waals surface area contributed by atoms with E-state index in [-0.39, 0.29) is 0 Å². The van der Waals surface area contributed by atoms with Crippen LogP contribution in [0.15, 0.2) is 47.7 Å². The average molecular weight is 434 g/mol. The molecule has 7 heteroatoms. The van der Waals surface area contributed by atoms with Gasteiger partial charge in [-0.2, -0.15) is 0 Å². The second-order valence-electron chi connectivity index (χ2n) is 8.41. The highest BCUT2D eigenvalue weighted by molar-refractivity contribution is 5.84. The maximum absolute atomic E-state index is 4.60. The van der Waals surface area contributed by atoms with E-state index < -0.39 is 0 Å². The summed E-state index contributed by atoms with van der Waals surface area (Å²) in [4.78, 5) is 17.2. The number of rotatable bonds is 7. The predicted octanol–water partition coefficient (Wildman–Crippen LogP) is 2.92. The van der Waals surface area contributed by atoms with Gasteiger partial charge in [0.1, 0.15) is 5.82 Å². The number of H-pyrrole nitrogens is 1. The zero-order chi connectivity index (χ0) is 22.3. The lowest BCUT2D eigenvalue weighted by Gasteiger charge is -2.34. The lowest BCUT2D eigenvalue weighted by Crippen LogP contribution is -2.46. The van der Waals surface area contributed by atoms with Gasteiger partial charge >= 0.3 is 0 Å². The molecule has 2 aromatic heterocycles. The molecular formula is C25H35N7. The molecule has 1 saturated heterocycles. The Morgan fingerprint density at radius 1 is 1.12 bits per heavy atom. The molecule has 32 heavy (non-hydrogen) atoms. The Kier molecular flexibility index (Phi) is 7.27. The Bertz CT molecular complexity index is 1050. The third-order valence-corrected chi connectivity index (χ3v) is 6.25. The topological polar surface area (TPSA) is 71.6 Å². The number of piperazine rings is 1. The number of aromatic nitrogens is 2. The van der Waals surface area contributed by atoms with Crippen LogP contribution in [0.2, 0.25) is 0 Å². The first kappa shape index (κ1) is 22.1. The zero-order valence-electron chi connectivity index (χ0n) is 19.5. The number of likely N-dealkylation sites (N-methyl/N-ethyl adjacent to an activating group) is 1. The average Bonchev–Trinajstić information content (AvgIpc) is 3.23. The molecule has 1 aliphatic rings. The van der Waals surface area contributed by atoms with Crippen molar-refractivity contribution in [1.29, 1.82) is 0 Å². The first-order valence-corrected chi connectivity index (χ1v) is 11.6. The van der Waals surface area contributed by atoms with Crippen LogP contribution in [0, 0.1) is 6.92 Å². The number of aryl methyl sites for hydroxylation is 1. The number of benzene rings is 1. The molecule has 0 atom stereocenters. The third-order valence-electron chi connectivity index (χ3n) is 6.25. The monoisotopic (exact) mass is 433 g/mol. The molecule has 1 aromatic carbocycles. The number of anilines is 1. The van der Waals surface area contributed by atoms with Crippen LogP contribution < -0.4 is 15.5 Å². The van der Waals surface area contributed by atoms with Gasteiger partial charge in [-0.15, -0.1) is 0 Å². The molecule has 0 aliphatic carbocycles. The fourth-order valence-corrected chi connectivity index (χ4v) is 4.27. The van der Waals surface area contributed by atoms with E-state index >= 15 is 0 Å². The highest BCUT2D eigenvalue weighted by Crippen LogP contribution is 2.19. The Hall–Kier alpha value is -3.06. The second-order valence-corrected chi connectivity index (χ2v) is 8.41. The largest absolute Gasteiger partial charge is 0.361 e. The van der Waals surface area contributed by atoms with Crippen LogP contribution in [-0.2, 0) is 13.0 Å². The fourth-order valence-electron chi connectivity index (χ4n) is 4.27. The van der Waals surface area contributed by atoms with Crippen molar-refractivity contribution in [2.45, 2.75) is 26.8 Å². The molecule has 0 spiro atoms. The molecule has 1 aliphatic heterocycles. The number of hydrogen-bond donors (Lipinski definition) is 3. The third kappa shape index (κ3) is 5.40. The van der Waals surface area contributed by atoms with Crippen molar-refractivity contribution in [1.82, 2.24) is 25.5 Å². The van der Waals surface area contributed by atoms with Gasteiger partial charge in [0.25, 0.3) is 0 Å². The van der Waals surface area contributed by atoms with Gasteiger partial charge in [0.05, 0.1) is 0 Å². The summed E-state index contributed by atoms with van der Waals surface area (Å²) < 4.78 is 0. The maximum atomic E-state index is 4.60. The van der Waals surface area contributed by atoms with Crippen molar-refractivity contribution in [3.63, 3.8) is 0 Å². The molecular weight excluding hydrogens is 398 g/mol. The van der Waals surface area contributed by atoms with Gasteiger partial charge in [0.2, 0.25) is 0 Å². The van der Waals surface area contributed by atoms with Gasteiger partial charge in [0, 0.05) is 69.6 Å². The van der Waals surface area contributed by atoms with E-state index in [0.29, 0.717) is 0 Å². The minimum Gasteiger partial charge on any atom is -0.361 e. The van der Waals surface area contributed by atoms with E-state index in [9.17, 15) is 0 Å². The van der Waals surface area contributed by atoms with Crippen LogP contribution in [0.5, 0.6) is 0 Å². The standard InChI is InChI=1S/C25H35N7/c1-4-31-11-13-32(14-12-31)24-16-20(7-9-27-24)17-30-25(26-3)28-10-8-21-18-29-23-15-19(2)5-6-22(21)23/h5-7,9,15-16,18,29H,4,8,10-14,17H2,1-3H3,(H2,26,28,30). The van der Waals surface area contributed by atoms with Crippen molar-refractivity contribution < 1.29 is 0 Å². The minimum absolute atomic E-state index is 0.719. The molecule has 1 fully saturated rings. The molecule has 4 rings (SSSR count). The Balaban J connectivity index is 1.27. The molecule has 170 valence electrons. The lowest BCUT2D eigenvalue weighted by atomic mass is 10.1. The van der Waals surface area contributed by atoms with Crippen LogP contribution >= 0.6 is 0 Å². The van der Waals surface area contributed by atoms with E-state index in [0.717, 1.165) is 64.0 Å². The Labute approximate surface area is 190 Å². The number of guanidine groups is 1. The fraction of sp³-hybridized carbons (Fsp3) is 0.440. The normalized spacial score (nSPS) is 15.3. The molecule has 3 aromatic rings. The molecule has 0 radical (unpaired) electrons. The molecule has 3 heterocycles. The van der Waals surface area contributed by atoms with Crippen LogP contribution in [0.3, 0.4) is 0 Å². The van der Waals surface area contributed by atoms with Gasteiger partial charge in [0.15, 0.2) is 5.96 Å². The maximum Gasteiger partial charge on any atom is 0.191 e. The van der Waals surface area contributed by atoms with Gasteiger partial charge in [-0.25, -0.2) is 4.98 Å². The number of aromatic amines is 1. The summed E-state index contributed by atoms with van der Waals surface area (Å²) in [5.41, 5.74) is 5.01. The van der Waals surface area contributed by atoms with Gasteiger partial charge < -0.3 is 25.4 Å². The van der Waals surface area contributed by atoms with Gasteiger partial charge in [-0.05, 0) is 54.8 Å². The van der Waals surface area contributed by atoms with Crippen molar-refractivity contribution in [2.75, 3.05) is 51.2 Å². The lowest BCUT2D eigenvalue weighted by molar-refractivity contribution is 0.270. The highest BCUT2D eigenvalue weighted by Gasteiger charge is 2.16. The van der Waals surface area contributed by atoms with Gasteiger partial charge in [-0.3, -0.25) is 4.99 Å². The molecule has 0 amide bonds. The molecule has 0 bridgehead atoms. The summed E-state index contributed by atoms with van der Waals surface area (Å²) in [6.45, 7) is 11.3. The van der Waals surface area contributed by atoms with Crippen molar-refractivity contribution >= 4 is 22.7 Å². The molecule has 7 nitrogen and oxygen atoms in total. The number of pyridine rings is 1. The number of nitrogens with zero attached hydrogens (tertiary/aromatic N) is 4. The first-order valence-electron chi connectivity index (χ1n) is 11.6. The van der Waals surface area contributed by atoms with Crippen molar-refractivity contribution in [3.05, 3.63) is 59.4 Å². The smallest absolute Gasteiger partial charge is 0.191 e. The second kappa shape index (κ2) is 10.5. The number of aliphatic imine (C=N–C) groups is 1. The summed E-state index contributed by atoms with van der Waals surface area (Å²) >= 11 is 0. The predicted molar refractivity (Wildman–Crippen MR) is 134 cm³/mol. The van der Waals surface area contributed by atoms with Crippen LogP contribution in [0.1, 0.15) is 23.6 Å². The number of nitrogens with one attached hydrogen (secondary N) is 3. The van der Waals surface area contributed by atoms with E-state index in [1.54, 1.807) is 0 Å². The van der Waals surface area contributed by atoms with E-state index in [1.165, 1.54) is 27.6 Å². The summed E-state index contributed by atoms with van der Waals surface area (Å²) in [6.07, 6.45) is 4.96. The highest BCUT2D eigenvalue weighted by atomic mass is 15.3. The summed E-state index contributed by atoms with van der Waals surface area (Å²) in [6, 6.07) is 10.8. The van der Waals surface area contributed by atoms with Crippen molar-refractivity contribution in [3.8, 4) is 0 Å². The van der Waals surface area contributed by atoms with Gasteiger partial charge in [-0.1, -0.05) is 19.1 Å². The van der Waals surface area contributed by atoms with Crippen LogP contribution in [-0.4, -0.2) is 67.1 Å². The summed E-state index contributed by atoms with van der Waals surface area (Å²) in [5, 5.41) is 8.17. The quantitative estimate of drug-likeness (QED) is 0.395. The zero-order valence-corrected chi connectivity index (χ0v) is 19.5. The minimum atomic E-state index is 0.719. The number of fused-ring (bicyclic) bond motifs is 1. The first-order chi connectivity index (χ1) is 15.7. The molecule has 0 saturated carbocycles. The molecule has 3 N–H and O–H groups in total. The van der Waals surface area contributed by atoms with Crippen molar-refractivity contribution in [2.24, 2.45) is 4.99 Å². The Morgan fingerprint density at radius 3 is 2.75 bits per heavy atom. The summed E-state index contributed by atoms with van der Waals surface area (Å²) in [7, 11) is 1.81. The Morgan fingerprint density at radius 2 is 1.97 bits per heavy atom. The van der Waals surface area contributed by atoms with Crippen LogP contribution in [0.4, 0.5) is 5.82 Å². The number of hydrogen-bond acceptors (Lipinski definition) is 4.